The number of aryl methyl sites for hydroxylation is 1. The lowest BCUT2D eigenvalue weighted by Gasteiger charge is -2.19. The van der Waals surface area contributed by atoms with E-state index in [1.54, 1.807) is 6.20 Å². The molecule has 5 nitrogen and oxygen atoms in total. The Morgan fingerprint density at radius 2 is 2.12 bits per heavy atom. The van der Waals surface area contributed by atoms with Crippen molar-refractivity contribution in [2.75, 3.05) is 5.75 Å². The van der Waals surface area contributed by atoms with Crippen molar-refractivity contribution in [1.82, 2.24) is 14.9 Å². The summed E-state index contributed by atoms with van der Waals surface area (Å²) in [4.78, 5) is 16.6. The van der Waals surface area contributed by atoms with Crippen LogP contribution >= 0.6 is 11.8 Å². The van der Waals surface area contributed by atoms with E-state index in [4.69, 9.17) is 0 Å². The van der Waals surface area contributed by atoms with E-state index in [0.717, 1.165) is 10.9 Å². The molecule has 1 aliphatic rings. The Morgan fingerprint density at radius 3 is 2.71 bits per heavy atom. The third kappa shape index (κ3) is 3.99. The van der Waals surface area contributed by atoms with E-state index >= 15 is 0 Å². The van der Waals surface area contributed by atoms with E-state index in [1.165, 1.54) is 35.7 Å². The van der Waals surface area contributed by atoms with Crippen LogP contribution in [0.2, 0.25) is 0 Å². The van der Waals surface area contributed by atoms with E-state index in [9.17, 15) is 9.90 Å². The van der Waals surface area contributed by atoms with Crippen molar-refractivity contribution < 1.29 is 9.90 Å². The molecule has 1 aromatic heterocycles. The van der Waals surface area contributed by atoms with E-state index in [0.29, 0.717) is 11.7 Å². The van der Waals surface area contributed by atoms with Crippen molar-refractivity contribution in [2.24, 2.45) is 13.0 Å². The summed E-state index contributed by atoms with van der Waals surface area (Å²) in [6.07, 6.45) is 3.98. The van der Waals surface area contributed by atoms with Gasteiger partial charge in [0.25, 0.3) is 0 Å². The molecule has 6 heteroatoms. The molecule has 2 N–H and O–H groups in total. The average molecular weight is 345 g/mol. The second kappa shape index (κ2) is 7.40. The maximum atomic E-state index is 12.4. The molecule has 2 aromatic rings. The normalized spacial score (nSPS) is 15.3. The van der Waals surface area contributed by atoms with Gasteiger partial charge in [0.05, 0.1) is 30.3 Å². The number of aliphatic hydroxyl groups is 1. The molecule has 0 saturated heterocycles. The first-order chi connectivity index (χ1) is 11.6. The third-order valence-corrected chi connectivity index (χ3v) is 5.43. The monoisotopic (exact) mass is 345 g/mol. The Hall–Kier alpha value is -1.79. The summed E-state index contributed by atoms with van der Waals surface area (Å²) >= 11 is 1.39. The zero-order valence-electron chi connectivity index (χ0n) is 14.0. The highest BCUT2D eigenvalue weighted by Crippen LogP contribution is 2.41. The van der Waals surface area contributed by atoms with Gasteiger partial charge in [0.1, 0.15) is 0 Å². The summed E-state index contributed by atoms with van der Waals surface area (Å²) in [5, 5.41) is 13.1. The highest BCUT2D eigenvalue weighted by atomic mass is 32.2. The van der Waals surface area contributed by atoms with Crippen LogP contribution in [0.25, 0.3) is 0 Å². The fourth-order valence-corrected chi connectivity index (χ4v) is 3.51. The second-order valence-electron chi connectivity index (χ2n) is 6.33. The Balaban J connectivity index is 1.59. The Labute approximate surface area is 146 Å². The van der Waals surface area contributed by atoms with Crippen molar-refractivity contribution in [3.63, 3.8) is 0 Å². The van der Waals surface area contributed by atoms with E-state index < -0.39 is 0 Å². The molecule has 1 aromatic carbocycles. The summed E-state index contributed by atoms with van der Waals surface area (Å²) < 4.78 is 1.82. The number of thioether (sulfide) groups is 1. The highest BCUT2D eigenvalue weighted by Gasteiger charge is 2.33. The number of aliphatic hydroxyl groups excluding tert-OH is 1. The molecule has 128 valence electrons. The minimum Gasteiger partial charge on any atom is -0.390 e. The molecule has 1 fully saturated rings. The minimum absolute atomic E-state index is 0.0195. The zero-order valence-corrected chi connectivity index (χ0v) is 14.8. The summed E-state index contributed by atoms with van der Waals surface area (Å²) in [6, 6.07) is 8.51. The standard InChI is InChI=1S/C18H23N3O2S/c1-12-3-5-13(6-4-12)17(14-7-8-14)20-16(23)11-24-18-19-9-15(10-22)21(18)2/h3-6,9,14,17,22H,7-8,10-11H2,1-2H3,(H,20,23). The molecule has 1 heterocycles. The number of aromatic nitrogens is 2. The van der Waals surface area contributed by atoms with Crippen LogP contribution in [-0.4, -0.2) is 26.3 Å². The molecular formula is C18H23N3O2S. The summed E-state index contributed by atoms with van der Waals surface area (Å²) in [5.74, 6) is 0.895. The fourth-order valence-electron chi connectivity index (χ4n) is 2.73. The van der Waals surface area contributed by atoms with Crippen LogP contribution in [0.5, 0.6) is 0 Å². The molecule has 0 bridgehead atoms. The maximum Gasteiger partial charge on any atom is 0.230 e. The summed E-state index contributed by atoms with van der Waals surface area (Å²) in [7, 11) is 1.85. The molecule has 1 saturated carbocycles. The van der Waals surface area contributed by atoms with Crippen LogP contribution in [0.15, 0.2) is 35.6 Å². The van der Waals surface area contributed by atoms with Gasteiger partial charge in [-0.3, -0.25) is 4.79 Å². The predicted octanol–water partition coefficient (Wildman–Crippen LogP) is 2.58. The topological polar surface area (TPSA) is 67.2 Å². The number of nitrogens with zero attached hydrogens (tertiary/aromatic N) is 2. The minimum atomic E-state index is -0.0482. The molecular weight excluding hydrogens is 322 g/mol. The quantitative estimate of drug-likeness (QED) is 0.757. The maximum absolute atomic E-state index is 12.4. The average Bonchev–Trinajstić information content (AvgIpc) is 3.35. The zero-order chi connectivity index (χ0) is 17.1. The number of hydrogen-bond donors (Lipinski definition) is 2. The van der Waals surface area contributed by atoms with Crippen LogP contribution in [0.1, 0.15) is 35.7 Å². The lowest BCUT2D eigenvalue weighted by atomic mass is 10.0. The number of rotatable bonds is 7. The van der Waals surface area contributed by atoms with E-state index in [-0.39, 0.29) is 18.6 Å². The van der Waals surface area contributed by atoms with E-state index in [2.05, 4.69) is 41.5 Å². The molecule has 0 radical (unpaired) electrons. The van der Waals surface area contributed by atoms with Crippen molar-refractivity contribution >= 4 is 17.7 Å². The van der Waals surface area contributed by atoms with Crippen LogP contribution < -0.4 is 5.32 Å². The SMILES string of the molecule is Cc1ccc(C(NC(=O)CSc2ncc(CO)n2C)C2CC2)cc1. The number of nitrogens with one attached hydrogen (secondary N) is 1. The van der Waals surface area contributed by atoms with Crippen LogP contribution in [0, 0.1) is 12.8 Å². The van der Waals surface area contributed by atoms with Gasteiger partial charge in [-0.2, -0.15) is 0 Å². The lowest BCUT2D eigenvalue weighted by molar-refractivity contribution is -0.119. The van der Waals surface area contributed by atoms with Gasteiger partial charge in [-0.05, 0) is 31.2 Å². The molecule has 1 amide bonds. The first kappa shape index (κ1) is 17.0. The van der Waals surface area contributed by atoms with Gasteiger partial charge in [-0.25, -0.2) is 4.98 Å². The first-order valence-electron chi connectivity index (χ1n) is 8.18. The number of hydrogen-bond acceptors (Lipinski definition) is 4. The molecule has 0 aliphatic heterocycles. The largest absolute Gasteiger partial charge is 0.390 e. The van der Waals surface area contributed by atoms with Gasteiger partial charge >= 0.3 is 0 Å². The number of carbonyl (C=O) groups excluding carboxylic acids is 1. The van der Waals surface area contributed by atoms with Crippen LogP contribution in [-0.2, 0) is 18.4 Å². The van der Waals surface area contributed by atoms with Crippen LogP contribution in [0.4, 0.5) is 0 Å². The Bertz CT molecular complexity index is 708. The first-order valence-corrected chi connectivity index (χ1v) is 9.17. The molecule has 1 aliphatic carbocycles. The predicted molar refractivity (Wildman–Crippen MR) is 94.6 cm³/mol. The van der Waals surface area contributed by atoms with Gasteiger partial charge in [0.15, 0.2) is 5.16 Å². The lowest BCUT2D eigenvalue weighted by Crippen LogP contribution is -2.31. The van der Waals surface area contributed by atoms with Crippen molar-refractivity contribution in [3.05, 3.63) is 47.3 Å². The number of carbonyl (C=O) groups is 1. The fraction of sp³-hybridized carbons (Fsp3) is 0.444. The molecule has 1 unspecified atom stereocenters. The van der Waals surface area contributed by atoms with Gasteiger partial charge in [0, 0.05) is 7.05 Å². The molecule has 1 atom stereocenters. The molecule has 24 heavy (non-hydrogen) atoms. The highest BCUT2D eigenvalue weighted by molar-refractivity contribution is 7.99. The van der Waals surface area contributed by atoms with Crippen molar-refractivity contribution in [3.8, 4) is 0 Å². The smallest absolute Gasteiger partial charge is 0.230 e. The summed E-state index contributed by atoms with van der Waals surface area (Å²) in [6.45, 7) is 2.02. The molecule has 0 spiro atoms. The Kier molecular flexibility index (Phi) is 5.26. The van der Waals surface area contributed by atoms with Crippen molar-refractivity contribution in [1.29, 1.82) is 0 Å². The number of amides is 1. The number of imidazole rings is 1. The third-order valence-electron chi connectivity index (χ3n) is 4.38. The van der Waals surface area contributed by atoms with Crippen LogP contribution in [0.3, 0.4) is 0 Å². The van der Waals surface area contributed by atoms with E-state index in [1.807, 2.05) is 11.6 Å². The Morgan fingerprint density at radius 1 is 1.42 bits per heavy atom. The van der Waals surface area contributed by atoms with Gasteiger partial charge < -0.3 is 15.0 Å². The number of benzene rings is 1. The molecule has 3 rings (SSSR count). The van der Waals surface area contributed by atoms with Gasteiger partial charge in [0.2, 0.25) is 5.91 Å². The van der Waals surface area contributed by atoms with Gasteiger partial charge in [-0.1, -0.05) is 41.6 Å². The summed E-state index contributed by atoms with van der Waals surface area (Å²) in [5.41, 5.74) is 3.15. The second-order valence-corrected chi connectivity index (χ2v) is 7.27. The van der Waals surface area contributed by atoms with Crippen molar-refractivity contribution in [2.45, 2.75) is 37.6 Å². The van der Waals surface area contributed by atoms with Gasteiger partial charge in [-0.15, -0.1) is 0 Å².